The van der Waals surface area contributed by atoms with Crippen LogP contribution >= 0.6 is 0 Å². The van der Waals surface area contributed by atoms with E-state index in [1.807, 2.05) is 6.08 Å². The van der Waals surface area contributed by atoms with Gasteiger partial charge in [0.15, 0.2) is 5.78 Å². The first kappa shape index (κ1) is 20.6. The fourth-order valence-corrected chi connectivity index (χ4v) is 2.16. The summed E-state index contributed by atoms with van der Waals surface area (Å²) in [5.74, 6) is 0.688. The molecule has 0 saturated carbocycles. The molecule has 1 unspecified atom stereocenters. The molecule has 0 aromatic heterocycles. The molecule has 0 amide bonds. The fourth-order valence-electron chi connectivity index (χ4n) is 2.16. The molecule has 0 aliphatic rings. The minimum absolute atomic E-state index is 0.234. The van der Waals surface area contributed by atoms with E-state index in [-0.39, 0.29) is 5.78 Å². The quantitative estimate of drug-likeness (QED) is 0.253. The van der Waals surface area contributed by atoms with Crippen LogP contribution in [0.2, 0.25) is 0 Å². The van der Waals surface area contributed by atoms with Crippen LogP contribution in [0.1, 0.15) is 73.6 Å². The molecule has 0 N–H and O–H groups in total. The minimum atomic E-state index is 0.234. The van der Waals surface area contributed by atoms with E-state index in [2.05, 4.69) is 59.8 Å². The maximum atomic E-state index is 11.9. The zero-order valence-electron chi connectivity index (χ0n) is 15.4. The van der Waals surface area contributed by atoms with Gasteiger partial charge in [-0.15, -0.1) is 0 Å². The molecule has 0 aromatic rings. The normalized spacial score (nSPS) is 13.1. The third kappa shape index (κ3) is 13.6. The topological polar surface area (TPSA) is 17.1 Å². The van der Waals surface area contributed by atoms with Crippen molar-refractivity contribution in [2.75, 3.05) is 0 Å². The van der Waals surface area contributed by atoms with Crippen LogP contribution in [0.4, 0.5) is 0 Å². The highest BCUT2D eigenvalue weighted by atomic mass is 16.1. The number of hydrogen-bond donors (Lipinski definition) is 0. The summed E-state index contributed by atoms with van der Waals surface area (Å²) in [6.45, 7) is 12.8. The van der Waals surface area contributed by atoms with Crippen molar-refractivity contribution in [2.24, 2.45) is 5.92 Å². The number of hydrogen-bond acceptors (Lipinski definition) is 1. The van der Waals surface area contributed by atoms with Gasteiger partial charge in [0.2, 0.25) is 0 Å². The van der Waals surface area contributed by atoms with Crippen LogP contribution in [-0.4, -0.2) is 5.78 Å². The van der Waals surface area contributed by atoms with Gasteiger partial charge in [0.05, 0.1) is 0 Å². The fraction of sp³-hybridized carbons (Fsp3) is 0.571. The van der Waals surface area contributed by atoms with Crippen LogP contribution in [0.15, 0.2) is 47.1 Å². The molecule has 0 spiro atoms. The molecule has 0 aliphatic carbocycles. The molecule has 1 atom stereocenters. The van der Waals surface area contributed by atoms with Gasteiger partial charge in [-0.25, -0.2) is 0 Å². The molecular formula is C21H34O. The highest BCUT2D eigenvalue weighted by molar-refractivity contribution is 5.90. The summed E-state index contributed by atoms with van der Waals surface area (Å²) in [5.41, 5.74) is 4.03. The third-order valence-corrected chi connectivity index (χ3v) is 3.52. The average molecular weight is 303 g/mol. The minimum Gasteiger partial charge on any atom is -0.295 e. The van der Waals surface area contributed by atoms with Crippen molar-refractivity contribution >= 4 is 5.78 Å². The van der Waals surface area contributed by atoms with Gasteiger partial charge in [0.25, 0.3) is 0 Å². The standard InChI is InChI=1S/C21H34O/c1-17(2)10-7-12-19(5)13-9-15-21(22)16-20(6)14-8-11-18(3)4/h9-11,13,15,20H,7-8,12,14,16H2,1-6H3/b15-9+,19-13+. The average Bonchev–Trinajstić information content (AvgIpc) is 2.37. The van der Waals surface area contributed by atoms with Gasteiger partial charge in [-0.3, -0.25) is 4.79 Å². The highest BCUT2D eigenvalue weighted by Gasteiger charge is 2.05. The van der Waals surface area contributed by atoms with Gasteiger partial charge in [0, 0.05) is 6.42 Å². The Kier molecular flexibility index (Phi) is 11.4. The molecule has 0 aromatic carbocycles. The van der Waals surface area contributed by atoms with E-state index in [9.17, 15) is 4.79 Å². The summed E-state index contributed by atoms with van der Waals surface area (Å²) in [6, 6.07) is 0. The van der Waals surface area contributed by atoms with Gasteiger partial charge in [0.1, 0.15) is 0 Å². The maximum Gasteiger partial charge on any atom is 0.155 e. The summed E-state index contributed by atoms with van der Waals surface area (Å²) in [6.07, 6.45) is 15.1. The van der Waals surface area contributed by atoms with Crippen molar-refractivity contribution in [3.05, 3.63) is 47.1 Å². The van der Waals surface area contributed by atoms with Gasteiger partial charge in [-0.2, -0.15) is 0 Å². The lowest BCUT2D eigenvalue weighted by Crippen LogP contribution is -2.02. The van der Waals surface area contributed by atoms with Crippen LogP contribution in [0.5, 0.6) is 0 Å². The second kappa shape index (κ2) is 12.2. The van der Waals surface area contributed by atoms with Gasteiger partial charge >= 0.3 is 0 Å². The Morgan fingerprint density at radius 1 is 0.955 bits per heavy atom. The summed E-state index contributed by atoms with van der Waals surface area (Å²) in [7, 11) is 0. The number of carbonyl (C=O) groups is 1. The lowest BCUT2D eigenvalue weighted by Gasteiger charge is -2.07. The van der Waals surface area contributed by atoms with Crippen molar-refractivity contribution in [2.45, 2.75) is 73.6 Å². The number of allylic oxidation sites excluding steroid dienone is 8. The summed E-state index contributed by atoms with van der Waals surface area (Å²) in [5, 5.41) is 0. The molecule has 0 radical (unpaired) electrons. The van der Waals surface area contributed by atoms with E-state index in [1.165, 1.54) is 16.7 Å². The molecule has 0 heterocycles. The van der Waals surface area contributed by atoms with E-state index >= 15 is 0 Å². The van der Waals surface area contributed by atoms with E-state index in [1.54, 1.807) is 6.08 Å². The molecular weight excluding hydrogens is 268 g/mol. The zero-order valence-corrected chi connectivity index (χ0v) is 15.4. The second-order valence-corrected chi connectivity index (χ2v) is 6.83. The summed E-state index contributed by atoms with van der Waals surface area (Å²) in [4.78, 5) is 11.9. The smallest absolute Gasteiger partial charge is 0.155 e. The molecule has 0 aliphatic heterocycles. The van der Waals surface area contributed by atoms with Crippen LogP contribution in [0, 0.1) is 5.92 Å². The zero-order chi connectivity index (χ0) is 17.0. The van der Waals surface area contributed by atoms with E-state index in [0.717, 1.165) is 25.7 Å². The predicted octanol–water partition coefficient (Wildman–Crippen LogP) is 6.58. The van der Waals surface area contributed by atoms with E-state index in [0.29, 0.717) is 12.3 Å². The molecule has 0 rings (SSSR count). The van der Waals surface area contributed by atoms with E-state index < -0.39 is 0 Å². The summed E-state index contributed by atoms with van der Waals surface area (Å²) >= 11 is 0. The molecule has 0 saturated heterocycles. The number of rotatable bonds is 10. The molecule has 1 nitrogen and oxygen atoms in total. The van der Waals surface area contributed by atoms with Gasteiger partial charge in [-0.05, 0) is 72.3 Å². The highest BCUT2D eigenvalue weighted by Crippen LogP contribution is 2.13. The van der Waals surface area contributed by atoms with Crippen LogP contribution in [0.3, 0.4) is 0 Å². The number of carbonyl (C=O) groups excluding carboxylic acids is 1. The van der Waals surface area contributed by atoms with Crippen LogP contribution in [0.25, 0.3) is 0 Å². The third-order valence-electron chi connectivity index (χ3n) is 3.52. The SMILES string of the molecule is CC(C)=CCC/C(C)=C/C=C/C(=O)CC(C)CCC=C(C)C. The molecule has 0 fully saturated rings. The Balaban J connectivity index is 4.08. The van der Waals surface area contributed by atoms with Gasteiger partial charge < -0.3 is 0 Å². The number of ketones is 1. The molecule has 124 valence electrons. The van der Waals surface area contributed by atoms with Gasteiger partial charge in [-0.1, -0.05) is 47.9 Å². The van der Waals surface area contributed by atoms with Crippen molar-refractivity contribution in [1.29, 1.82) is 0 Å². The predicted molar refractivity (Wildman–Crippen MR) is 99.0 cm³/mol. The van der Waals surface area contributed by atoms with Crippen molar-refractivity contribution in [3.63, 3.8) is 0 Å². The molecule has 1 heteroatoms. The Morgan fingerprint density at radius 3 is 2.14 bits per heavy atom. The van der Waals surface area contributed by atoms with Crippen molar-refractivity contribution < 1.29 is 4.79 Å². The Morgan fingerprint density at radius 2 is 1.55 bits per heavy atom. The largest absolute Gasteiger partial charge is 0.295 e. The van der Waals surface area contributed by atoms with Crippen LogP contribution in [-0.2, 0) is 4.79 Å². The Bertz CT molecular complexity index is 439. The van der Waals surface area contributed by atoms with Crippen LogP contribution < -0.4 is 0 Å². The lowest BCUT2D eigenvalue weighted by molar-refractivity contribution is -0.115. The maximum absolute atomic E-state index is 11.9. The molecule has 22 heavy (non-hydrogen) atoms. The van der Waals surface area contributed by atoms with E-state index in [4.69, 9.17) is 0 Å². The molecule has 0 bridgehead atoms. The Hall–Kier alpha value is -1.37. The summed E-state index contributed by atoms with van der Waals surface area (Å²) < 4.78 is 0. The second-order valence-electron chi connectivity index (χ2n) is 6.83. The monoisotopic (exact) mass is 302 g/mol. The van der Waals surface area contributed by atoms with Crippen molar-refractivity contribution in [1.82, 2.24) is 0 Å². The first-order chi connectivity index (χ1) is 10.3. The van der Waals surface area contributed by atoms with Crippen molar-refractivity contribution in [3.8, 4) is 0 Å². The first-order valence-corrected chi connectivity index (χ1v) is 8.44. The Labute approximate surface area is 137 Å². The lowest BCUT2D eigenvalue weighted by atomic mass is 9.98. The first-order valence-electron chi connectivity index (χ1n) is 8.44.